The van der Waals surface area contributed by atoms with Gasteiger partial charge in [-0.1, -0.05) is 54.6 Å². The Hall–Kier alpha value is -3.93. The maximum atomic E-state index is 13.5. The molecular weight excluding hydrogens is 450 g/mol. The molecule has 2 N–H and O–H groups in total. The first-order chi connectivity index (χ1) is 17.4. The predicted octanol–water partition coefficient (Wildman–Crippen LogP) is 6.03. The highest BCUT2D eigenvalue weighted by molar-refractivity contribution is 6.10. The molecule has 2 aliphatic carbocycles. The van der Waals surface area contributed by atoms with Gasteiger partial charge >= 0.3 is 6.09 Å². The fraction of sp³-hybridized carbons (Fsp3) is 0.300. The van der Waals surface area contributed by atoms with E-state index in [1.54, 1.807) is 0 Å². The van der Waals surface area contributed by atoms with Crippen LogP contribution in [-0.4, -0.2) is 41.0 Å². The van der Waals surface area contributed by atoms with Gasteiger partial charge in [-0.25, -0.2) is 4.79 Å². The smallest absolute Gasteiger partial charge is 0.405 e. The van der Waals surface area contributed by atoms with E-state index in [-0.39, 0.29) is 5.78 Å². The van der Waals surface area contributed by atoms with Crippen molar-refractivity contribution in [2.24, 2.45) is 0 Å². The lowest BCUT2D eigenvalue weighted by atomic mass is 9.71. The molecule has 36 heavy (non-hydrogen) atoms. The van der Waals surface area contributed by atoms with Gasteiger partial charge in [0, 0.05) is 42.6 Å². The highest BCUT2D eigenvalue weighted by Gasteiger charge is 2.40. The number of fused-ring (bicyclic) bond motifs is 1. The maximum Gasteiger partial charge on any atom is 0.405 e. The van der Waals surface area contributed by atoms with Gasteiger partial charge in [-0.05, 0) is 55.7 Å². The van der Waals surface area contributed by atoms with E-state index in [0.717, 1.165) is 77.7 Å². The topological polar surface area (TPSA) is 82.5 Å². The molecule has 2 aromatic carbocycles. The molecule has 0 spiro atoms. The number of carbonyl (C=O) groups excluding carboxylic acids is 1. The number of benzene rings is 2. The van der Waals surface area contributed by atoms with E-state index in [9.17, 15) is 14.7 Å². The number of amides is 1. The van der Waals surface area contributed by atoms with Crippen molar-refractivity contribution in [3.8, 4) is 22.4 Å². The van der Waals surface area contributed by atoms with Crippen LogP contribution >= 0.6 is 0 Å². The highest BCUT2D eigenvalue weighted by Crippen LogP contribution is 2.42. The molecule has 184 valence electrons. The number of pyridine rings is 1. The summed E-state index contributed by atoms with van der Waals surface area (Å²) in [5.41, 5.74) is 6.52. The number of Topliss-reactive ketones (excluding diaryl/α,β-unsaturated/α-hetero) is 1. The zero-order valence-corrected chi connectivity index (χ0v) is 20.8. The molecule has 1 fully saturated rings. The molecule has 1 amide bonds. The van der Waals surface area contributed by atoms with Crippen LogP contribution < -0.4 is 5.32 Å². The third kappa shape index (κ3) is 4.51. The van der Waals surface area contributed by atoms with Crippen molar-refractivity contribution >= 4 is 11.9 Å². The van der Waals surface area contributed by atoms with Crippen LogP contribution in [-0.2, 0) is 12.0 Å². The standard InChI is InChI=1S/C30H31N3O3/c1-33(2)19-22-10-6-11-26-25(28(22)34)18-24(20-8-4-3-5-9-20)27(31-26)21-12-14-23(15-13-21)30(16-7-17-30)32-29(35)36/h3-5,8-9,12-15,18-19,32H,6-7,10-11,16-17H2,1-2H3,(H,35,36). The van der Waals surface area contributed by atoms with E-state index in [0.29, 0.717) is 5.56 Å². The fourth-order valence-corrected chi connectivity index (χ4v) is 5.33. The first-order valence-corrected chi connectivity index (χ1v) is 12.5. The summed E-state index contributed by atoms with van der Waals surface area (Å²) in [6.07, 6.45) is 5.89. The van der Waals surface area contributed by atoms with Crippen LogP contribution in [0.1, 0.15) is 53.7 Å². The van der Waals surface area contributed by atoms with Gasteiger partial charge in [0.2, 0.25) is 0 Å². The second-order valence-corrected chi connectivity index (χ2v) is 9.99. The SMILES string of the molecule is CN(C)C=C1CCCc2nc(-c3ccc(C4(NC(=O)O)CCC4)cc3)c(-c3ccccc3)cc2C1=O. The second kappa shape index (κ2) is 9.61. The minimum atomic E-state index is -0.995. The summed E-state index contributed by atoms with van der Waals surface area (Å²) in [4.78, 5) is 31.9. The van der Waals surface area contributed by atoms with Crippen LogP contribution in [0.2, 0.25) is 0 Å². The number of rotatable bonds is 5. The molecule has 0 saturated heterocycles. The number of ketones is 1. The van der Waals surface area contributed by atoms with E-state index < -0.39 is 11.6 Å². The minimum Gasteiger partial charge on any atom is -0.465 e. The molecule has 0 bridgehead atoms. The Kier molecular flexibility index (Phi) is 6.35. The maximum absolute atomic E-state index is 13.5. The molecule has 6 heteroatoms. The van der Waals surface area contributed by atoms with E-state index in [1.165, 1.54) is 0 Å². The summed E-state index contributed by atoms with van der Waals surface area (Å²) in [5.74, 6) is 0.0504. The first kappa shape index (κ1) is 23.8. The van der Waals surface area contributed by atoms with Crippen molar-refractivity contribution in [2.75, 3.05) is 14.1 Å². The Bertz CT molecular complexity index is 1320. The molecular formula is C30H31N3O3. The average Bonchev–Trinajstić information content (AvgIpc) is 2.99. The summed E-state index contributed by atoms with van der Waals surface area (Å²) in [7, 11) is 3.87. The highest BCUT2D eigenvalue weighted by atomic mass is 16.4. The van der Waals surface area contributed by atoms with Gasteiger partial charge in [0.1, 0.15) is 0 Å². The molecule has 2 aliphatic rings. The van der Waals surface area contributed by atoms with E-state index in [4.69, 9.17) is 4.98 Å². The number of hydrogen-bond acceptors (Lipinski definition) is 4. The summed E-state index contributed by atoms with van der Waals surface area (Å²) >= 11 is 0. The van der Waals surface area contributed by atoms with Crippen molar-refractivity contribution in [1.29, 1.82) is 0 Å². The number of nitrogens with zero attached hydrogens (tertiary/aromatic N) is 2. The van der Waals surface area contributed by atoms with Crippen molar-refractivity contribution in [1.82, 2.24) is 15.2 Å². The number of carbonyl (C=O) groups is 2. The lowest BCUT2D eigenvalue weighted by Crippen LogP contribution is -2.50. The number of allylic oxidation sites excluding steroid dienone is 1. The van der Waals surface area contributed by atoms with Gasteiger partial charge in [0.25, 0.3) is 0 Å². The summed E-state index contributed by atoms with van der Waals surface area (Å²) in [6.45, 7) is 0. The van der Waals surface area contributed by atoms with Gasteiger partial charge in [0.15, 0.2) is 5.78 Å². The minimum absolute atomic E-state index is 0.0504. The van der Waals surface area contributed by atoms with E-state index in [1.807, 2.05) is 85.9 Å². The summed E-state index contributed by atoms with van der Waals surface area (Å²) in [6, 6.07) is 20.1. The van der Waals surface area contributed by atoms with Crippen LogP contribution in [0.3, 0.4) is 0 Å². The summed E-state index contributed by atoms with van der Waals surface area (Å²) < 4.78 is 0. The molecule has 0 unspecified atom stereocenters. The molecule has 1 saturated carbocycles. The van der Waals surface area contributed by atoms with Gasteiger partial charge in [-0.3, -0.25) is 9.78 Å². The number of aromatic nitrogens is 1. The second-order valence-electron chi connectivity index (χ2n) is 9.99. The Morgan fingerprint density at radius 2 is 1.69 bits per heavy atom. The molecule has 3 aromatic rings. The van der Waals surface area contributed by atoms with Crippen molar-refractivity contribution in [2.45, 2.75) is 44.1 Å². The zero-order valence-electron chi connectivity index (χ0n) is 20.8. The van der Waals surface area contributed by atoms with Crippen molar-refractivity contribution in [3.05, 3.63) is 89.3 Å². The van der Waals surface area contributed by atoms with Crippen molar-refractivity contribution in [3.63, 3.8) is 0 Å². The Balaban J connectivity index is 1.61. The number of nitrogens with one attached hydrogen (secondary N) is 1. The van der Waals surface area contributed by atoms with Crippen molar-refractivity contribution < 1.29 is 14.7 Å². The van der Waals surface area contributed by atoms with Gasteiger partial charge in [-0.2, -0.15) is 0 Å². The predicted molar refractivity (Wildman–Crippen MR) is 141 cm³/mol. The molecule has 0 atom stereocenters. The molecule has 0 radical (unpaired) electrons. The zero-order chi connectivity index (χ0) is 25.3. The monoisotopic (exact) mass is 481 g/mol. The normalized spacial score (nSPS) is 17.6. The van der Waals surface area contributed by atoms with E-state index in [2.05, 4.69) is 5.32 Å². The molecule has 6 nitrogen and oxygen atoms in total. The third-order valence-corrected chi connectivity index (χ3v) is 7.26. The molecule has 1 aromatic heterocycles. The molecule has 0 aliphatic heterocycles. The summed E-state index contributed by atoms with van der Waals surface area (Å²) in [5, 5.41) is 12.1. The molecule has 5 rings (SSSR count). The van der Waals surface area contributed by atoms with Crippen LogP contribution in [0, 0.1) is 0 Å². The lowest BCUT2D eigenvalue weighted by molar-refractivity contribution is 0.102. The quantitative estimate of drug-likeness (QED) is 0.344. The number of aryl methyl sites for hydroxylation is 1. The Labute approximate surface area is 211 Å². The lowest BCUT2D eigenvalue weighted by Gasteiger charge is -2.42. The van der Waals surface area contributed by atoms with Gasteiger partial charge in [0.05, 0.1) is 16.9 Å². The average molecular weight is 482 g/mol. The number of hydrogen-bond donors (Lipinski definition) is 2. The van der Waals surface area contributed by atoms with Gasteiger partial charge in [-0.15, -0.1) is 0 Å². The van der Waals surface area contributed by atoms with Crippen LogP contribution in [0.5, 0.6) is 0 Å². The fourth-order valence-electron chi connectivity index (χ4n) is 5.33. The third-order valence-electron chi connectivity index (χ3n) is 7.26. The molecule has 1 heterocycles. The van der Waals surface area contributed by atoms with Crippen LogP contribution in [0.4, 0.5) is 4.79 Å². The number of carboxylic acid groups (broad SMARTS) is 1. The Morgan fingerprint density at radius 1 is 0.972 bits per heavy atom. The largest absolute Gasteiger partial charge is 0.465 e. The van der Waals surface area contributed by atoms with Crippen LogP contribution in [0.25, 0.3) is 22.4 Å². The van der Waals surface area contributed by atoms with Gasteiger partial charge < -0.3 is 15.3 Å². The van der Waals surface area contributed by atoms with Crippen LogP contribution in [0.15, 0.2) is 72.4 Å². The first-order valence-electron chi connectivity index (χ1n) is 12.5. The Morgan fingerprint density at radius 3 is 2.31 bits per heavy atom. The van der Waals surface area contributed by atoms with E-state index >= 15 is 0 Å².